The Morgan fingerprint density at radius 3 is 1.74 bits per heavy atom. The number of benzene rings is 1. The fourth-order valence-corrected chi connectivity index (χ4v) is 5.41. The number of aromatic nitrogens is 2. The molecule has 0 unspecified atom stereocenters. The molecule has 1 aliphatic rings. The first kappa shape index (κ1) is 36.9. The normalized spacial score (nSPS) is 14.7. The second-order valence-electron chi connectivity index (χ2n) is 10.7. The van der Waals surface area contributed by atoms with E-state index in [1.54, 1.807) is 0 Å². The number of hydrogen-bond donors (Lipinski definition) is 0. The van der Waals surface area contributed by atoms with Gasteiger partial charge in [0.05, 0.1) is 12.5 Å². The average molecular weight is 676 g/mol. The van der Waals surface area contributed by atoms with E-state index in [2.05, 4.69) is 15.3 Å². The topological polar surface area (TPSA) is 8.81 Å². The highest BCUT2D eigenvalue weighted by Crippen LogP contribution is 2.54. The summed E-state index contributed by atoms with van der Waals surface area (Å²) in [5.74, 6) is -17.0. The van der Waals surface area contributed by atoms with E-state index in [0.717, 1.165) is 57.1 Å². The van der Waals surface area contributed by atoms with Crippen molar-refractivity contribution in [1.82, 2.24) is 4.57 Å². The van der Waals surface area contributed by atoms with Gasteiger partial charge in [-0.05, 0) is 44.2 Å². The van der Waals surface area contributed by atoms with Gasteiger partial charge in [-0.3, -0.25) is 0 Å². The van der Waals surface area contributed by atoms with E-state index in [4.69, 9.17) is 23.2 Å². The number of hydrogen-bond acceptors (Lipinski definition) is 0. The van der Waals surface area contributed by atoms with Gasteiger partial charge in [0, 0.05) is 22.0 Å². The second-order valence-corrected chi connectivity index (χ2v) is 11.5. The van der Waals surface area contributed by atoms with Gasteiger partial charge in [0.15, 0.2) is 0 Å². The summed E-state index contributed by atoms with van der Waals surface area (Å²) in [6.45, 7) is 1.46. The first-order valence-electron chi connectivity index (χ1n) is 13.8. The number of alkyl halides is 9. The lowest BCUT2D eigenvalue weighted by Crippen LogP contribution is -3.00. The van der Waals surface area contributed by atoms with Crippen molar-refractivity contribution < 1.29 is 56.5 Å². The van der Waals surface area contributed by atoms with Crippen molar-refractivity contribution in [2.75, 3.05) is 0 Å². The second kappa shape index (κ2) is 15.1. The van der Waals surface area contributed by atoms with Crippen molar-refractivity contribution in [3.63, 3.8) is 0 Å². The molecule has 14 heteroatoms. The van der Waals surface area contributed by atoms with Gasteiger partial charge in [0.25, 0.3) is 5.82 Å². The van der Waals surface area contributed by atoms with Crippen LogP contribution in [0.25, 0.3) is 0 Å². The molecular formula is C28H34Cl3F9N2. The quantitative estimate of drug-likeness (QED) is 0.0941. The SMILES string of the molecule is FC(F)(F)C(F)(F)C(F)(F)C(F)(F)CCCCCCCCCCCn1cc[n+](Cc2c(Cl)cccc2Cl)c1C1CC1.[Cl-]. The highest BCUT2D eigenvalue weighted by atomic mass is 35.5. The molecule has 2 nitrogen and oxygen atoms in total. The lowest BCUT2D eigenvalue weighted by Gasteiger charge is -2.33. The Balaban J connectivity index is 0.00000616. The van der Waals surface area contributed by atoms with Gasteiger partial charge < -0.3 is 12.4 Å². The number of aryl methyl sites for hydroxylation is 1. The summed E-state index contributed by atoms with van der Waals surface area (Å²) < 4.78 is 121. The van der Waals surface area contributed by atoms with Gasteiger partial charge in [-0.1, -0.05) is 67.8 Å². The molecule has 1 aromatic carbocycles. The number of nitrogens with zero attached hydrogens (tertiary/aromatic N) is 2. The Hall–Kier alpha value is -1.33. The van der Waals surface area contributed by atoms with Crippen molar-refractivity contribution in [2.24, 2.45) is 0 Å². The molecule has 0 amide bonds. The molecule has 1 fully saturated rings. The third-order valence-electron chi connectivity index (χ3n) is 7.45. The molecule has 0 aliphatic heterocycles. The third-order valence-corrected chi connectivity index (χ3v) is 8.16. The van der Waals surface area contributed by atoms with Crippen LogP contribution in [-0.4, -0.2) is 28.5 Å². The predicted octanol–water partition coefficient (Wildman–Crippen LogP) is 7.38. The van der Waals surface area contributed by atoms with E-state index < -0.39 is 36.8 Å². The molecule has 1 saturated carbocycles. The van der Waals surface area contributed by atoms with E-state index in [1.807, 2.05) is 24.4 Å². The minimum atomic E-state index is -6.81. The molecule has 42 heavy (non-hydrogen) atoms. The van der Waals surface area contributed by atoms with Crippen molar-refractivity contribution in [3.8, 4) is 0 Å². The van der Waals surface area contributed by atoms with Crippen LogP contribution in [0.15, 0.2) is 30.6 Å². The van der Waals surface area contributed by atoms with E-state index >= 15 is 0 Å². The maximum atomic E-state index is 13.6. The van der Waals surface area contributed by atoms with E-state index in [-0.39, 0.29) is 18.8 Å². The van der Waals surface area contributed by atoms with Crippen LogP contribution in [0.4, 0.5) is 39.5 Å². The average Bonchev–Trinajstić information content (AvgIpc) is 3.64. The van der Waals surface area contributed by atoms with Crippen molar-refractivity contribution >= 4 is 23.2 Å². The lowest BCUT2D eigenvalue weighted by molar-refractivity contribution is -0.695. The van der Waals surface area contributed by atoms with Crippen LogP contribution in [0.1, 0.15) is 94.4 Å². The lowest BCUT2D eigenvalue weighted by atomic mass is 9.97. The first-order valence-corrected chi connectivity index (χ1v) is 14.6. The highest BCUT2D eigenvalue weighted by Gasteiger charge is 2.81. The summed E-state index contributed by atoms with van der Waals surface area (Å²) in [5.41, 5.74) is 0.884. The smallest absolute Gasteiger partial charge is 0.460 e. The largest absolute Gasteiger partial charge is 1.00 e. The maximum absolute atomic E-state index is 13.6. The monoisotopic (exact) mass is 674 g/mol. The molecule has 2 aromatic rings. The Kier molecular flexibility index (Phi) is 13.3. The van der Waals surface area contributed by atoms with Crippen LogP contribution in [-0.2, 0) is 13.1 Å². The Labute approximate surface area is 256 Å². The van der Waals surface area contributed by atoms with Gasteiger partial charge in [-0.15, -0.1) is 0 Å². The third kappa shape index (κ3) is 8.87. The molecule has 3 rings (SSSR count). The van der Waals surface area contributed by atoms with E-state index in [1.165, 1.54) is 5.82 Å². The van der Waals surface area contributed by atoms with Crippen molar-refractivity contribution in [3.05, 3.63) is 52.0 Å². The summed E-state index contributed by atoms with van der Waals surface area (Å²) in [5, 5.41) is 1.26. The Morgan fingerprint density at radius 2 is 1.24 bits per heavy atom. The van der Waals surface area contributed by atoms with Gasteiger partial charge in [0.2, 0.25) is 0 Å². The molecule has 0 atom stereocenters. The van der Waals surface area contributed by atoms with Crippen LogP contribution in [0, 0.1) is 0 Å². The molecule has 0 bridgehead atoms. The highest BCUT2D eigenvalue weighted by molar-refractivity contribution is 6.35. The van der Waals surface area contributed by atoms with Crippen molar-refractivity contribution in [1.29, 1.82) is 0 Å². The van der Waals surface area contributed by atoms with Gasteiger partial charge >= 0.3 is 23.9 Å². The Morgan fingerprint density at radius 1 is 0.738 bits per heavy atom. The molecule has 0 saturated heterocycles. The van der Waals surface area contributed by atoms with Gasteiger partial charge in [0.1, 0.15) is 18.9 Å². The van der Waals surface area contributed by atoms with Gasteiger partial charge in [-0.2, -0.15) is 39.5 Å². The molecule has 240 valence electrons. The Bertz CT molecular complexity index is 1110. The zero-order valence-corrected chi connectivity index (χ0v) is 25.1. The minimum absolute atomic E-state index is 0. The van der Waals surface area contributed by atoms with E-state index in [9.17, 15) is 39.5 Å². The van der Waals surface area contributed by atoms with Gasteiger partial charge in [-0.25, -0.2) is 9.13 Å². The summed E-state index contributed by atoms with van der Waals surface area (Å²) >= 11 is 12.7. The number of unbranched alkanes of at least 4 members (excludes halogenated alkanes) is 8. The minimum Gasteiger partial charge on any atom is -1.00 e. The van der Waals surface area contributed by atoms with Crippen LogP contribution >= 0.6 is 23.2 Å². The zero-order valence-electron chi connectivity index (χ0n) is 22.8. The molecule has 1 heterocycles. The van der Waals surface area contributed by atoms with Crippen LogP contribution < -0.4 is 17.0 Å². The van der Waals surface area contributed by atoms with E-state index in [0.29, 0.717) is 35.3 Å². The summed E-state index contributed by atoms with van der Waals surface area (Å²) in [4.78, 5) is 0. The van der Waals surface area contributed by atoms with Crippen LogP contribution in [0.3, 0.4) is 0 Å². The number of halogens is 12. The number of imidazole rings is 1. The molecule has 0 radical (unpaired) electrons. The van der Waals surface area contributed by atoms with Crippen molar-refractivity contribution in [2.45, 2.75) is 120 Å². The summed E-state index contributed by atoms with van der Waals surface area (Å²) in [7, 11) is 0. The predicted molar refractivity (Wildman–Crippen MR) is 139 cm³/mol. The zero-order chi connectivity index (χ0) is 30.5. The molecule has 0 spiro atoms. The summed E-state index contributed by atoms with van der Waals surface area (Å²) in [6.07, 6.45) is 2.97. The fraction of sp³-hybridized carbons (Fsp3) is 0.679. The molecule has 1 aliphatic carbocycles. The molecular weight excluding hydrogens is 642 g/mol. The molecule has 0 N–H and O–H groups in total. The fourth-order valence-electron chi connectivity index (χ4n) is 4.90. The first-order chi connectivity index (χ1) is 19.1. The van der Waals surface area contributed by atoms with Crippen LogP contribution in [0.5, 0.6) is 0 Å². The van der Waals surface area contributed by atoms with Crippen LogP contribution in [0.2, 0.25) is 10.0 Å². The maximum Gasteiger partial charge on any atom is 0.460 e. The molecule has 1 aromatic heterocycles. The summed E-state index contributed by atoms with van der Waals surface area (Å²) in [6, 6.07) is 5.46. The number of rotatable bonds is 17. The standard InChI is InChI=1S/C28H34Cl2F9N2.ClH/c29-22-11-10-12-23(30)21(22)19-41-18-17-40(24(41)20-13-14-20)16-9-7-5-3-1-2-4-6-8-15-25(31,32)26(33,34)27(35,36)28(37,38)39;/h10-12,17-18,20H,1-9,13-16,19H2;1H/q+1;/p-1.